The van der Waals surface area contributed by atoms with Crippen molar-refractivity contribution in [3.8, 4) is 0 Å². The van der Waals surface area contributed by atoms with Crippen molar-refractivity contribution in [2.24, 2.45) is 0 Å². The zero-order chi connectivity index (χ0) is 13.0. The van der Waals surface area contributed by atoms with Crippen LogP contribution in [0.4, 0.5) is 0 Å². The molecule has 0 atom stereocenters. The molecular weight excluding hydrogens is 244 g/mol. The predicted octanol–water partition coefficient (Wildman–Crippen LogP) is 2.50. The van der Waals surface area contributed by atoms with Gasteiger partial charge in [0.05, 0.1) is 24.3 Å². The van der Waals surface area contributed by atoms with Crippen LogP contribution in [0.15, 0.2) is 12.5 Å². The molecule has 0 aliphatic heterocycles. The van der Waals surface area contributed by atoms with E-state index in [4.69, 9.17) is 0 Å². The van der Waals surface area contributed by atoms with Gasteiger partial charge >= 0.3 is 0 Å². The molecule has 2 aromatic heterocycles. The van der Waals surface area contributed by atoms with Gasteiger partial charge in [-0.2, -0.15) is 0 Å². The van der Waals surface area contributed by atoms with Crippen LogP contribution in [-0.4, -0.2) is 21.1 Å². The Morgan fingerprint density at radius 2 is 2.22 bits per heavy atom. The minimum atomic E-state index is 0.820. The number of hydrogen-bond acceptors (Lipinski definition) is 4. The Labute approximate surface area is 112 Å². The van der Waals surface area contributed by atoms with E-state index in [0.29, 0.717) is 0 Å². The molecule has 2 heterocycles. The summed E-state index contributed by atoms with van der Waals surface area (Å²) >= 11 is 1.76. The molecule has 2 aromatic rings. The van der Waals surface area contributed by atoms with Gasteiger partial charge in [0.25, 0.3) is 0 Å². The zero-order valence-corrected chi connectivity index (χ0v) is 12.0. The molecule has 4 nitrogen and oxygen atoms in total. The van der Waals surface area contributed by atoms with Crippen LogP contribution in [0, 0.1) is 13.8 Å². The van der Waals surface area contributed by atoms with Gasteiger partial charge in [-0.15, -0.1) is 11.3 Å². The Morgan fingerprint density at radius 3 is 2.89 bits per heavy atom. The molecule has 0 bridgehead atoms. The molecule has 0 amide bonds. The maximum atomic E-state index is 4.54. The topological polar surface area (TPSA) is 42.7 Å². The molecule has 0 radical (unpaired) electrons. The van der Waals surface area contributed by atoms with E-state index in [1.807, 2.05) is 6.33 Å². The first-order valence-electron chi connectivity index (χ1n) is 6.33. The first-order chi connectivity index (χ1) is 8.69. The summed E-state index contributed by atoms with van der Waals surface area (Å²) in [5.74, 6) is 0. The smallest absolute Gasteiger partial charge is 0.113 e. The fourth-order valence-electron chi connectivity index (χ4n) is 1.74. The largest absolute Gasteiger partial charge is 0.330 e. The van der Waals surface area contributed by atoms with E-state index >= 15 is 0 Å². The molecule has 0 fully saturated rings. The van der Waals surface area contributed by atoms with Crippen LogP contribution in [0.25, 0.3) is 0 Å². The zero-order valence-electron chi connectivity index (χ0n) is 11.2. The van der Waals surface area contributed by atoms with Gasteiger partial charge < -0.3 is 9.88 Å². The lowest BCUT2D eigenvalue weighted by Gasteiger charge is -1.99. The number of thiazole rings is 1. The van der Waals surface area contributed by atoms with Gasteiger partial charge in [0.15, 0.2) is 0 Å². The van der Waals surface area contributed by atoms with Crippen molar-refractivity contribution in [3.05, 3.63) is 33.8 Å². The number of imidazole rings is 1. The summed E-state index contributed by atoms with van der Waals surface area (Å²) in [6, 6.07) is 0. The highest BCUT2D eigenvalue weighted by atomic mass is 32.1. The normalized spacial score (nSPS) is 11.1. The first-order valence-corrected chi connectivity index (χ1v) is 7.15. The Balaban J connectivity index is 1.93. The monoisotopic (exact) mass is 264 g/mol. The van der Waals surface area contributed by atoms with Crippen molar-refractivity contribution >= 4 is 11.3 Å². The van der Waals surface area contributed by atoms with Gasteiger partial charge in [0.2, 0.25) is 0 Å². The Bertz CT molecular complexity index is 481. The number of nitrogens with zero attached hydrogens (tertiary/aromatic N) is 3. The molecular formula is C13H20N4S. The summed E-state index contributed by atoms with van der Waals surface area (Å²) in [6.45, 7) is 9.04. The number of rotatable bonds is 6. The predicted molar refractivity (Wildman–Crippen MR) is 74.9 cm³/mol. The van der Waals surface area contributed by atoms with Crippen molar-refractivity contribution in [1.29, 1.82) is 0 Å². The van der Waals surface area contributed by atoms with Crippen LogP contribution >= 0.6 is 11.3 Å². The van der Waals surface area contributed by atoms with Gasteiger partial charge in [0.1, 0.15) is 5.01 Å². The van der Waals surface area contributed by atoms with Crippen LogP contribution in [0.2, 0.25) is 0 Å². The third-order valence-corrected chi connectivity index (χ3v) is 3.87. The van der Waals surface area contributed by atoms with E-state index in [1.54, 1.807) is 11.3 Å². The Hall–Kier alpha value is -1.20. The second kappa shape index (κ2) is 6.11. The van der Waals surface area contributed by atoms with E-state index in [-0.39, 0.29) is 0 Å². The lowest BCUT2D eigenvalue weighted by atomic mass is 10.4. The van der Waals surface area contributed by atoms with E-state index in [0.717, 1.165) is 42.5 Å². The molecule has 0 spiro atoms. The average molecular weight is 264 g/mol. The molecule has 2 rings (SSSR count). The summed E-state index contributed by atoms with van der Waals surface area (Å²) in [4.78, 5) is 10.2. The quantitative estimate of drug-likeness (QED) is 0.815. The molecule has 0 unspecified atom stereocenters. The van der Waals surface area contributed by atoms with Crippen molar-refractivity contribution in [2.45, 2.75) is 40.3 Å². The number of nitrogens with one attached hydrogen (secondary N) is 1. The molecule has 0 saturated carbocycles. The molecule has 0 aromatic carbocycles. The standard InChI is InChI=1S/C13H20N4S/c1-4-5-14-6-12-7-17(9-15-12)8-13-16-10(2)11(3)18-13/h7,9,14H,4-6,8H2,1-3H3. The van der Waals surface area contributed by atoms with Crippen LogP contribution in [0.5, 0.6) is 0 Å². The van der Waals surface area contributed by atoms with E-state index in [1.165, 1.54) is 4.88 Å². The SMILES string of the molecule is CCCNCc1cn(Cc2nc(C)c(C)s2)cn1. The van der Waals surface area contributed by atoms with Gasteiger partial charge in [-0.25, -0.2) is 9.97 Å². The Morgan fingerprint density at radius 1 is 1.39 bits per heavy atom. The molecule has 1 N–H and O–H groups in total. The summed E-state index contributed by atoms with van der Waals surface area (Å²) in [5.41, 5.74) is 2.23. The van der Waals surface area contributed by atoms with Crippen molar-refractivity contribution in [2.75, 3.05) is 6.54 Å². The van der Waals surface area contributed by atoms with E-state index < -0.39 is 0 Å². The summed E-state index contributed by atoms with van der Waals surface area (Å²) in [5, 5.41) is 4.50. The first kappa shape index (κ1) is 13.2. The molecule has 98 valence electrons. The molecule has 0 aliphatic carbocycles. The fraction of sp³-hybridized carbons (Fsp3) is 0.538. The van der Waals surface area contributed by atoms with Gasteiger partial charge in [0, 0.05) is 17.6 Å². The average Bonchev–Trinajstić information content (AvgIpc) is 2.88. The van der Waals surface area contributed by atoms with Crippen molar-refractivity contribution in [3.63, 3.8) is 0 Å². The third kappa shape index (κ3) is 3.40. The van der Waals surface area contributed by atoms with Gasteiger partial charge in [-0.3, -0.25) is 0 Å². The minimum absolute atomic E-state index is 0.820. The third-order valence-electron chi connectivity index (χ3n) is 2.81. The Kier molecular flexibility index (Phi) is 4.49. The number of aromatic nitrogens is 3. The van der Waals surface area contributed by atoms with Crippen LogP contribution < -0.4 is 5.32 Å². The molecule has 0 saturated heterocycles. The molecule has 0 aliphatic rings. The highest BCUT2D eigenvalue weighted by Crippen LogP contribution is 2.17. The van der Waals surface area contributed by atoms with Crippen molar-refractivity contribution < 1.29 is 0 Å². The van der Waals surface area contributed by atoms with E-state index in [2.05, 4.69) is 46.8 Å². The highest BCUT2D eigenvalue weighted by Gasteiger charge is 2.05. The maximum Gasteiger partial charge on any atom is 0.113 e. The van der Waals surface area contributed by atoms with Crippen molar-refractivity contribution in [1.82, 2.24) is 19.9 Å². The van der Waals surface area contributed by atoms with Gasteiger partial charge in [-0.1, -0.05) is 6.92 Å². The van der Waals surface area contributed by atoms with E-state index in [9.17, 15) is 0 Å². The van der Waals surface area contributed by atoms with Gasteiger partial charge in [-0.05, 0) is 26.8 Å². The van der Waals surface area contributed by atoms with Crippen LogP contribution in [-0.2, 0) is 13.1 Å². The fourth-order valence-corrected chi connectivity index (χ4v) is 2.68. The number of aryl methyl sites for hydroxylation is 2. The molecule has 5 heteroatoms. The highest BCUT2D eigenvalue weighted by molar-refractivity contribution is 7.11. The lowest BCUT2D eigenvalue weighted by Crippen LogP contribution is -2.13. The second-order valence-corrected chi connectivity index (χ2v) is 5.75. The summed E-state index contributed by atoms with van der Waals surface area (Å²) in [6.07, 6.45) is 5.13. The second-order valence-electron chi connectivity index (χ2n) is 4.46. The van der Waals surface area contributed by atoms with Crippen LogP contribution in [0.1, 0.15) is 34.6 Å². The minimum Gasteiger partial charge on any atom is -0.330 e. The lowest BCUT2D eigenvalue weighted by molar-refractivity contribution is 0.665. The maximum absolute atomic E-state index is 4.54. The van der Waals surface area contributed by atoms with Crippen LogP contribution in [0.3, 0.4) is 0 Å². The molecule has 18 heavy (non-hydrogen) atoms. The number of hydrogen-bond donors (Lipinski definition) is 1. The summed E-state index contributed by atoms with van der Waals surface area (Å²) < 4.78 is 2.10. The summed E-state index contributed by atoms with van der Waals surface area (Å²) in [7, 11) is 0.